The number of nitrogens with one attached hydrogen (secondary N) is 1. The van der Waals surface area contributed by atoms with Crippen molar-refractivity contribution in [3.63, 3.8) is 0 Å². The fraction of sp³-hybridized carbons (Fsp3) is 0.214. The number of ether oxygens (including phenoxy) is 1. The number of nitrogens with zero attached hydrogens (tertiary/aromatic N) is 1. The van der Waals surface area contributed by atoms with Crippen LogP contribution in [0.3, 0.4) is 0 Å². The van der Waals surface area contributed by atoms with E-state index in [9.17, 15) is 8.96 Å². The van der Waals surface area contributed by atoms with Crippen LogP contribution < -0.4 is 5.09 Å². The number of benzene rings is 3. The van der Waals surface area contributed by atoms with Gasteiger partial charge in [-0.25, -0.2) is 4.39 Å². The summed E-state index contributed by atoms with van der Waals surface area (Å²) < 4.78 is 33.5. The second-order valence-electron chi connectivity index (χ2n) is 8.47. The van der Waals surface area contributed by atoms with Crippen LogP contribution in [-0.2, 0) is 9.30 Å². The third-order valence-corrected chi connectivity index (χ3v) is 8.90. The van der Waals surface area contributed by atoms with Crippen LogP contribution in [0.15, 0.2) is 96.6 Å². The highest BCUT2D eigenvalue weighted by atomic mass is 35.5. The molecule has 2 atom stereocenters. The third-order valence-electron chi connectivity index (χ3n) is 5.98. The van der Waals surface area contributed by atoms with E-state index in [1.54, 1.807) is 23.8 Å². The Labute approximate surface area is 221 Å². The Morgan fingerprint density at radius 1 is 0.889 bits per heavy atom. The first-order valence-electron chi connectivity index (χ1n) is 11.7. The van der Waals surface area contributed by atoms with Gasteiger partial charge < -0.3 is 4.74 Å². The molecule has 0 aliphatic carbocycles. The molecule has 1 N–H and O–H groups in total. The molecular weight excluding hydrogens is 517 g/mol. The minimum atomic E-state index is -3.37. The Bertz CT molecular complexity index is 1170. The van der Waals surface area contributed by atoms with Crippen LogP contribution in [0.25, 0.3) is 10.1 Å². The van der Waals surface area contributed by atoms with E-state index in [1.807, 2.05) is 60.7 Å². The fourth-order valence-electron chi connectivity index (χ4n) is 4.07. The highest BCUT2D eigenvalue weighted by molar-refractivity contribution is 7.68. The summed E-state index contributed by atoms with van der Waals surface area (Å²) in [6.45, 7) is 2.99. The molecule has 1 fully saturated rings. The smallest absolute Gasteiger partial charge is 0.193 e. The second kappa shape index (κ2) is 12.8. The van der Waals surface area contributed by atoms with E-state index >= 15 is 0 Å². The number of hydrogen-bond acceptors (Lipinski definition) is 3. The van der Waals surface area contributed by atoms with Gasteiger partial charge in [0.1, 0.15) is 5.82 Å². The predicted octanol–water partition coefficient (Wildman–Crippen LogP) is 7.54. The maximum absolute atomic E-state index is 14.3. The Morgan fingerprint density at radius 2 is 1.39 bits per heavy atom. The molecule has 188 valence electrons. The van der Waals surface area contributed by atoms with E-state index in [2.05, 4.69) is 9.99 Å². The molecule has 0 radical (unpaired) electrons. The van der Waals surface area contributed by atoms with E-state index in [0.29, 0.717) is 29.8 Å². The molecule has 0 aromatic heterocycles. The van der Waals surface area contributed by atoms with E-state index in [4.69, 9.17) is 27.9 Å². The van der Waals surface area contributed by atoms with Crippen molar-refractivity contribution in [2.75, 3.05) is 32.8 Å². The maximum atomic E-state index is 14.3. The molecule has 1 heterocycles. The Morgan fingerprint density at radius 3 is 1.89 bits per heavy atom. The quantitative estimate of drug-likeness (QED) is 0.282. The molecule has 0 amide bonds. The summed E-state index contributed by atoms with van der Waals surface area (Å²) in [7, 11) is -3.37. The zero-order valence-corrected chi connectivity index (χ0v) is 22.1. The zero-order chi connectivity index (χ0) is 25.4. The van der Waals surface area contributed by atoms with E-state index < -0.39 is 7.29 Å². The van der Waals surface area contributed by atoms with Gasteiger partial charge in [0, 0.05) is 37.3 Å². The normalized spacial score (nSPS) is 18.0. The molecule has 1 unspecified atom stereocenters. The lowest BCUT2D eigenvalue weighted by molar-refractivity contribution is 0.0172. The fourth-order valence-corrected chi connectivity index (χ4v) is 6.88. The van der Waals surface area contributed by atoms with Gasteiger partial charge in [-0.15, -0.1) is 0 Å². The Kier molecular flexibility index (Phi) is 9.55. The van der Waals surface area contributed by atoms with Crippen molar-refractivity contribution < 1.29 is 13.7 Å². The lowest BCUT2D eigenvalue weighted by atomic mass is 10.0. The van der Waals surface area contributed by atoms with Gasteiger partial charge in [-0.2, -0.15) is 0 Å². The van der Waals surface area contributed by atoms with Gasteiger partial charge in [-0.3, -0.25) is 14.6 Å². The van der Waals surface area contributed by atoms with Gasteiger partial charge >= 0.3 is 0 Å². The average Bonchev–Trinajstić information content (AvgIpc) is 2.91. The van der Waals surface area contributed by atoms with Gasteiger partial charge in [-0.05, 0) is 28.8 Å². The first-order chi connectivity index (χ1) is 17.4. The molecule has 3 aromatic carbocycles. The van der Waals surface area contributed by atoms with Crippen LogP contribution in [-0.4, -0.2) is 37.7 Å². The van der Waals surface area contributed by atoms with Gasteiger partial charge in [-0.1, -0.05) is 96.0 Å². The number of rotatable bonds is 9. The van der Waals surface area contributed by atoms with Crippen molar-refractivity contribution in [2.45, 2.75) is 6.04 Å². The van der Waals surface area contributed by atoms with Crippen molar-refractivity contribution in [3.05, 3.63) is 119 Å². The lowest BCUT2D eigenvalue weighted by Gasteiger charge is -2.35. The molecule has 1 saturated heterocycles. The van der Waals surface area contributed by atoms with Crippen molar-refractivity contribution in [1.82, 2.24) is 9.99 Å². The van der Waals surface area contributed by atoms with Crippen LogP contribution in [0.2, 0.25) is 0 Å². The standard InChI is InChI=1S/C28H28Cl2FN2O2P/c29-26(22-7-3-1-4-8-22)20-36(34,21-27(30)23-9-5-2-6-10-23)32-19-28(33-15-17-35-18-16-33)24-11-13-25(31)14-12-24/h1-14,20-21,28H,15-19H2,(H,32,34)/b26-20-,27-21+/t28-,36?/m0/s1. The maximum Gasteiger partial charge on any atom is 0.193 e. The van der Waals surface area contributed by atoms with Crippen molar-refractivity contribution >= 4 is 40.6 Å². The minimum Gasteiger partial charge on any atom is -0.379 e. The summed E-state index contributed by atoms with van der Waals surface area (Å²) in [5.41, 5.74) is 2.44. The second-order valence-corrected chi connectivity index (χ2v) is 11.5. The molecule has 36 heavy (non-hydrogen) atoms. The molecule has 1 aliphatic rings. The first kappa shape index (κ1) is 26.8. The predicted molar refractivity (Wildman–Crippen MR) is 148 cm³/mol. The largest absolute Gasteiger partial charge is 0.379 e. The van der Waals surface area contributed by atoms with Gasteiger partial charge in [0.25, 0.3) is 0 Å². The van der Waals surface area contributed by atoms with E-state index in [1.165, 1.54) is 12.1 Å². The van der Waals surface area contributed by atoms with E-state index in [0.717, 1.165) is 29.8 Å². The first-order valence-corrected chi connectivity index (χ1v) is 14.3. The third kappa shape index (κ3) is 7.39. The summed E-state index contributed by atoms with van der Waals surface area (Å²) in [4.78, 5) is 2.25. The highest BCUT2D eigenvalue weighted by Crippen LogP contribution is 2.50. The summed E-state index contributed by atoms with van der Waals surface area (Å²) in [5, 5.41) is 4.00. The number of hydrogen-bond donors (Lipinski definition) is 1. The van der Waals surface area contributed by atoms with Crippen molar-refractivity contribution in [3.8, 4) is 0 Å². The topological polar surface area (TPSA) is 41.6 Å². The summed E-state index contributed by atoms with van der Waals surface area (Å²) in [6, 6.07) is 25.0. The monoisotopic (exact) mass is 544 g/mol. The van der Waals surface area contributed by atoms with Crippen LogP contribution in [0.4, 0.5) is 4.39 Å². The van der Waals surface area contributed by atoms with Crippen LogP contribution in [0, 0.1) is 5.82 Å². The Hall–Kier alpha value is -2.24. The van der Waals surface area contributed by atoms with Crippen molar-refractivity contribution in [1.29, 1.82) is 0 Å². The van der Waals surface area contributed by atoms with Crippen molar-refractivity contribution in [2.24, 2.45) is 0 Å². The van der Waals surface area contributed by atoms with E-state index in [-0.39, 0.29) is 11.9 Å². The Balaban J connectivity index is 1.67. The highest BCUT2D eigenvalue weighted by Gasteiger charge is 2.26. The summed E-state index contributed by atoms with van der Waals surface area (Å²) in [5.74, 6) is 2.81. The molecule has 3 aromatic rings. The molecule has 4 nitrogen and oxygen atoms in total. The molecule has 0 spiro atoms. The van der Waals surface area contributed by atoms with Gasteiger partial charge in [0.15, 0.2) is 7.29 Å². The number of morpholine rings is 1. The van der Waals surface area contributed by atoms with Crippen LogP contribution >= 0.6 is 30.5 Å². The van der Waals surface area contributed by atoms with Crippen LogP contribution in [0.1, 0.15) is 22.7 Å². The SMILES string of the molecule is O=P(/C=C(\Cl)c1ccccc1)(/C=C(/Cl)c1ccccc1)NC[C@@H](c1ccc(F)cc1)N1CCOCC1. The molecule has 0 bridgehead atoms. The van der Waals surface area contributed by atoms with Gasteiger partial charge in [0.05, 0.1) is 23.3 Å². The lowest BCUT2D eigenvalue weighted by Crippen LogP contribution is -2.42. The number of halogens is 3. The molecule has 1 aliphatic heterocycles. The molecule has 4 rings (SSSR count). The molecule has 0 saturated carbocycles. The zero-order valence-electron chi connectivity index (χ0n) is 19.7. The van der Waals surface area contributed by atoms with Gasteiger partial charge in [0.2, 0.25) is 0 Å². The summed E-state index contributed by atoms with van der Waals surface area (Å²) >= 11 is 13.3. The van der Waals surface area contributed by atoms with Crippen LogP contribution in [0.5, 0.6) is 0 Å². The minimum absolute atomic E-state index is 0.143. The molecular formula is C28H28Cl2FN2O2P. The average molecular weight is 545 g/mol. The molecule has 8 heteroatoms. The summed E-state index contributed by atoms with van der Waals surface area (Å²) in [6.07, 6.45) is 0.